The second-order valence-corrected chi connectivity index (χ2v) is 5.46. The Kier molecular flexibility index (Phi) is 6.41. The molecule has 2 aromatic rings. The molecule has 0 saturated heterocycles. The molecule has 3 N–H and O–H groups in total. The van der Waals surface area contributed by atoms with Crippen LogP contribution in [0.4, 0.5) is 13.2 Å². The average Bonchev–Trinajstić information content (AvgIpc) is 2.60. The number of benzene rings is 2. The third-order valence-electron chi connectivity index (χ3n) is 3.55. The lowest BCUT2D eigenvalue weighted by Crippen LogP contribution is -2.33. The van der Waals surface area contributed by atoms with Gasteiger partial charge in [0.25, 0.3) is 0 Å². The molecule has 4 nitrogen and oxygen atoms in total. The molecule has 0 spiro atoms. The molecule has 2 aromatic carbocycles. The fourth-order valence-electron chi connectivity index (χ4n) is 2.26. The van der Waals surface area contributed by atoms with Crippen molar-refractivity contribution >= 4 is 5.91 Å². The lowest BCUT2D eigenvalue weighted by molar-refractivity contribution is -0.153. The predicted molar refractivity (Wildman–Crippen MR) is 88.1 cm³/mol. The maximum Gasteiger partial charge on any atom is 0.422 e. The number of nitrogens with one attached hydrogen (secondary N) is 1. The molecule has 1 unspecified atom stereocenters. The van der Waals surface area contributed by atoms with E-state index in [1.807, 2.05) is 30.3 Å². The quantitative estimate of drug-likeness (QED) is 0.805. The van der Waals surface area contributed by atoms with Crippen LogP contribution in [-0.2, 0) is 11.3 Å². The highest BCUT2D eigenvalue weighted by Gasteiger charge is 2.28. The molecule has 0 aliphatic heterocycles. The van der Waals surface area contributed by atoms with Crippen molar-refractivity contribution in [1.82, 2.24) is 5.32 Å². The van der Waals surface area contributed by atoms with Gasteiger partial charge in [-0.15, -0.1) is 0 Å². The molecular formula is C18H19F3N2O2. The van der Waals surface area contributed by atoms with Gasteiger partial charge in [0, 0.05) is 13.1 Å². The molecule has 7 heteroatoms. The highest BCUT2D eigenvalue weighted by molar-refractivity contribution is 5.83. The fraction of sp³-hybridized carbons (Fsp3) is 0.278. The Morgan fingerprint density at radius 1 is 1.08 bits per heavy atom. The van der Waals surface area contributed by atoms with E-state index in [1.165, 1.54) is 12.1 Å². The van der Waals surface area contributed by atoms with E-state index in [0.29, 0.717) is 0 Å². The molecule has 1 amide bonds. The van der Waals surface area contributed by atoms with E-state index in [0.717, 1.165) is 11.1 Å². The van der Waals surface area contributed by atoms with Crippen LogP contribution in [0.5, 0.6) is 5.75 Å². The zero-order valence-electron chi connectivity index (χ0n) is 13.4. The summed E-state index contributed by atoms with van der Waals surface area (Å²) >= 11 is 0. The first-order valence-corrected chi connectivity index (χ1v) is 7.70. The highest BCUT2D eigenvalue weighted by atomic mass is 19.4. The van der Waals surface area contributed by atoms with Crippen molar-refractivity contribution in [2.24, 2.45) is 5.73 Å². The Balaban J connectivity index is 1.89. The maximum absolute atomic E-state index is 12.3. The summed E-state index contributed by atoms with van der Waals surface area (Å²) in [6, 6.07) is 15.3. The Morgan fingerprint density at radius 3 is 2.28 bits per heavy atom. The Morgan fingerprint density at radius 2 is 1.72 bits per heavy atom. The number of ether oxygens (including phenoxy) is 1. The molecule has 0 aliphatic rings. The summed E-state index contributed by atoms with van der Waals surface area (Å²) in [5.74, 6) is -0.529. The number of nitrogens with two attached hydrogens (primary N) is 1. The molecule has 0 fully saturated rings. The number of alkyl halides is 3. The second kappa shape index (κ2) is 8.53. The summed E-state index contributed by atoms with van der Waals surface area (Å²) in [6.45, 7) is -0.903. The van der Waals surface area contributed by atoms with E-state index in [1.54, 1.807) is 12.1 Å². The smallest absolute Gasteiger partial charge is 0.422 e. The van der Waals surface area contributed by atoms with Gasteiger partial charge in [-0.2, -0.15) is 13.2 Å². The van der Waals surface area contributed by atoms with Crippen LogP contribution in [0.3, 0.4) is 0 Å². The lowest BCUT2D eigenvalue weighted by Gasteiger charge is -2.15. The van der Waals surface area contributed by atoms with Crippen molar-refractivity contribution < 1.29 is 22.7 Å². The summed E-state index contributed by atoms with van der Waals surface area (Å²) in [5.41, 5.74) is 7.27. The highest BCUT2D eigenvalue weighted by Crippen LogP contribution is 2.19. The summed E-state index contributed by atoms with van der Waals surface area (Å²) < 4.78 is 40.9. The van der Waals surface area contributed by atoms with Gasteiger partial charge in [0.15, 0.2) is 6.61 Å². The van der Waals surface area contributed by atoms with Crippen LogP contribution in [0.15, 0.2) is 54.6 Å². The Labute approximate surface area is 143 Å². The number of hydrogen-bond acceptors (Lipinski definition) is 3. The van der Waals surface area contributed by atoms with Crippen LogP contribution in [0.2, 0.25) is 0 Å². The van der Waals surface area contributed by atoms with Crippen molar-refractivity contribution in [3.05, 3.63) is 65.7 Å². The average molecular weight is 352 g/mol. The predicted octanol–water partition coefficient (Wildman–Crippen LogP) is 2.99. The standard InChI is InChI=1S/C18H19F3N2O2/c19-18(20,21)12-25-15-8-6-13(7-9-15)11-23-17(24)16(10-22)14-4-2-1-3-5-14/h1-9,16H,10-12,22H2,(H,23,24). The molecule has 1 atom stereocenters. The van der Waals surface area contributed by atoms with Gasteiger partial charge in [-0.3, -0.25) is 4.79 Å². The zero-order valence-corrected chi connectivity index (χ0v) is 13.4. The van der Waals surface area contributed by atoms with E-state index < -0.39 is 18.7 Å². The van der Waals surface area contributed by atoms with Gasteiger partial charge in [0.05, 0.1) is 5.92 Å². The molecule has 0 saturated carbocycles. The van der Waals surface area contributed by atoms with Gasteiger partial charge in [0.1, 0.15) is 5.75 Å². The maximum atomic E-state index is 12.3. The van der Waals surface area contributed by atoms with E-state index in [2.05, 4.69) is 10.1 Å². The van der Waals surface area contributed by atoms with E-state index in [9.17, 15) is 18.0 Å². The first kappa shape index (κ1) is 18.8. The molecule has 0 heterocycles. The van der Waals surface area contributed by atoms with Crippen LogP contribution in [-0.4, -0.2) is 25.2 Å². The van der Waals surface area contributed by atoms with E-state index in [4.69, 9.17) is 5.73 Å². The Bertz CT molecular complexity index is 673. The van der Waals surface area contributed by atoms with Gasteiger partial charge in [-0.05, 0) is 23.3 Å². The summed E-state index contributed by atoms with van der Waals surface area (Å²) in [6.07, 6.45) is -4.37. The molecule has 134 valence electrons. The monoisotopic (exact) mass is 352 g/mol. The minimum atomic E-state index is -4.37. The van der Waals surface area contributed by atoms with E-state index in [-0.39, 0.29) is 24.7 Å². The lowest BCUT2D eigenvalue weighted by atomic mass is 9.98. The fourth-order valence-corrected chi connectivity index (χ4v) is 2.26. The normalized spacial score (nSPS) is 12.5. The van der Waals surface area contributed by atoms with Crippen LogP contribution in [0.1, 0.15) is 17.0 Å². The van der Waals surface area contributed by atoms with Crippen LogP contribution >= 0.6 is 0 Å². The molecule has 0 bridgehead atoms. The van der Waals surface area contributed by atoms with Crippen LogP contribution in [0, 0.1) is 0 Å². The number of carbonyl (C=O) groups excluding carboxylic acids is 1. The minimum absolute atomic E-state index is 0.122. The molecule has 2 rings (SSSR count). The molecule has 0 aromatic heterocycles. The van der Waals surface area contributed by atoms with Gasteiger partial charge >= 0.3 is 6.18 Å². The van der Waals surface area contributed by atoms with Gasteiger partial charge < -0.3 is 15.8 Å². The van der Waals surface area contributed by atoms with Crippen LogP contribution < -0.4 is 15.8 Å². The van der Waals surface area contributed by atoms with Crippen LogP contribution in [0.25, 0.3) is 0 Å². The van der Waals surface area contributed by atoms with Crippen molar-refractivity contribution in [1.29, 1.82) is 0 Å². The zero-order chi connectivity index (χ0) is 18.3. The summed E-state index contributed by atoms with van der Waals surface area (Å²) in [7, 11) is 0. The molecular weight excluding hydrogens is 333 g/mol. The summed E-state index contributed by atoms with van der Waals surface area (Å²) in [5, 5.41) is 2.78. The van der Waals surface area contributed by atoms with Crippen molar-refractivity contribution in [3.63, 3.8) is 0 Å². The first-order chi connectivity index (χ1) is 11.9. The topological polar surface area (TPSA) is 64.4 Å². The van der Waals surface area contributed by atoms with Crippen molar-refractivity contribution in [3.8, 4) is 5.75 Å². The number of hydrogen-bond donors (Lipinski definition) is 2. The Hall–Kier alpha value is -2.54. The minimum Gasteiger partial charge on any atom is -0.484 e. The van der Waals surface area contributed by atoms with E-state index >= 15 is 0 Å². The SMILES string of the molecule is NCC(C(=O)NCc1ccc(OCC(F)(F)F)cc1)c1ccccc1. The van der Waals surface area contributed by atoms with Gasteiger partial charge in [-0.25, -0.2) is 0 Å². The number of rotatable bonds is 7. The number of carbonyl (C=O) groups is 1. The number of amides is 1. The first-order valence-electron chi connectivity index (χ1n) is 7.70. The third kappa shape index (κ3) is 6.11. The summed E-state index contributed by atoms with van der Waals surface area (Å²) in [4.78, 5) is 12.3. The molecule has 25 heavy (non-hydrogen) atoms. The van der Waals surface area contributed by atoms with Gasteiger partial charge in [0.2, 0.25) is 5.91 Å². The second-order valence-electron chi connectivity index (χ2n) is 5.46. The molecule has 0 aliphatic carbocycles. The van der Waals surface area contributed by atoms with Crippen molar-refractivity contribution in [2.75, 3.05) is 13.2 Å². The van der Waals surface area contributed by atoms with Gasteiger partial charge in [-0.1, -0.05) is 42.5 Å². The third-order valence-corrected chi connectivity index (χ3v) is 3.55. The largest absolute Gasteiger partial charge is 0.484 e. The van der Waals surface area contributed by atoms with Crippen molar-refractivity contribution in [2.45, 2.75) is 18.6 Å². The molecule has 0 radical (unpaired) electrons. The number of halogens is 3.